The molecule has 1 aromatic heterocycles. The summed E-state index contributed by atoms with van der Waals surface area (Å²) in [7, 11) is 0. The van der Waals surface area contributed by atoms with Gasteiger partial charge in [0.15, 0.2) is 5.82 Å². The third kappa shape index (κ3) is 3.42. The van der Waals surface area contributed by atoms with Crippen LogP contribution in [0.1, 0.15) is 54.6 Å². The summed E-state index contributed by atoms with van der Waals surface area (Å²) in [5.74, 6) is 1.13. The lowest BCUT2D eigenvalue weighted by atomic mass is 10.1. The molecule has 6 nitrogen and oxygen atoms in total. The van der Waals surface area contributed by atoms with Crippen LogP contribution < -0.4 is 5.32 Å². The van der Waals surface area contributed by atoms with E-state index in [9.17, 15) is 4.79 Å². The number of anilines is 1. The van der Waals surface area contributed by atoms with Crippen molar-refractivity contribution in [2.75, 3.05) is 11.9 Å². The second-order valence-corrected chi connectivity index (χ2v) is 6.41. The Bertz CT molecular complexity index is 726. The number of carbonyl (C=O) groups excluding carboxylic acids is 1. The van der Waals surface area contributed by atoms with E-state index in [0.717, 1.165) is 42.5 Å². The summed E-state index contributed by atoms with van der Waals surface area (Å²) in [6, 6.07) is 5.71. The maximum Gasteiger partial charge on any atom is 0.322 e. The highest BCUT2D eigenvalue weighted by molar-refractivity contribution is 5.90. The van der Waals surface area contributed by atoms with Gasteiger partial charge < -0.3 is 14.7 Å². The molecule has 1 atom stereocenters. The topological polar surface area (TPSA) is 71.3 Å². The van der Waals surface area contributed by atoms with Crippen LogP contribution in [0.25, 0.3) is 0 Å². The number of hydrogen-bond donors (Lipinski definition) is 1. The minimum atomic E-state index is -0.130. The average molecular weight is 328 g/mol. The zero-order valence-corrected chi connectivity index (χ0v) is 14.5. The predicted molar refractivity (Wildman–Crippen MR) is 91.9 cm³/mol. The van der Waals surface area contributed by atoms with E-state index in [-0.39, 0.29) is 12.1 Å². The van der Waals surface area contributed by atoms with Crippen LogP contribution >= 0.6 is 0 Å². The molecule has 1 fully saturated rings. The smallest absolute Gasteiger partial charge is 0.322 e. The maximum atomic E-state index is 12.9. The first-order valence-electron chi connectivity index (χ1n) is 8.50. The molecule has 2 heterocycles. The summed E-state index contributed by atoms with van der Waals surface area (Å²) >= 11 is 0. The molecule has 24 heavy (non-hydrogen) atoms. The van der Waals surface area contributed by atoms with Gasteiger partial charge in [-0.15, -0.1) is 0 Å². The van der Waals surface area contributed by atoms with Crippen molar-refractivity contribution in [1.29, 1.82) is 0 Å². The Kier molecular flexibility index (Phi) is 4.83. The molecule has 1 saturated heterocycles. The molecule has 1 aromatic carbocycles. The summed E-state index contributed by atoms with van der Waals surface area (Å²) in [4.78, 5) is 19.1. The molecule has 6 heteroatoms. The second-order valence-electron chi connectivity index (χ2n) is 6.41. The fourth-order valence-corrected chi connectivity index (χ4v) is 3.14. The zero-order valence-electron chi connectivity index (χ0n) is 14.5. The van der Waals surface area contributed by atoms with Gasteiger partial charge in [0.2, 0.25) is 5.89 Å². The van der Waals surface area contributed by atoms with Gasteiger partial charge in [-0.2, -0.15) is 4.98 Å². The van der Waals surface area contributed by atoms with Gasteiger partial charge in [-0.3, -0.25) is 0 Å². The molecule has 0 saturated carbocycles. The fourth-order valence-electron chi connectivity index (χ4n) is 3.14. The highest BCUT2D eigenvalue weighted by Crippen LogP contribution is 2.29. The van der Waals surface area contributed by atoms with E-state index in [0.29, 0.717) is 18.3 Å². The minimum absolute atomic E-state index is 0.0990. The van der Waals surface area contributed by atoms with Crippen LogP contribution in [0.3, 0.4) is 0 Å². The number of hydrogen-bond acceptors (Lipinski definition) is 4. The summed E-state index contributed by atoms with van der Waals surface area (Å²) in [6.45, 7) is 6.54. The molecular formula is C18H24N4O2. The molecule has 0 spiro atoms. The number of carbonyl (C=O) groups is 1. The number of likely N-dealkylation sites (tertiary alicyclic amines) is 1. The van der Waals surface area contributed by atoms with Crippen molar-refractivity contribution in [3.8, 4) is 0 Å². The van der Waals surface area contributed by atoms with Gasteiger partial charge in [0.25, 0.3) is 0 Å². The third-order valence-corrected chi connectivity index (χ3v) is 4.70. The number of aryl methyl sites for hydroxylation is 2. The normalized spacial score (nSPS) is 18.3. The van der Waals surface area contributed by atoms with Crippen molar-refractivity contribution < 1.29 is 9.32 Å². The van der Waals surface area contributed by atoms with Crippen LogP contribution in [0, 0.1) is 20.8 Å². The summed E-state index contributed by atoms with van der Waals surface area (Å²) in [5.41, 5.74) is 3.11. The number of benzene rings is 1. The van der Waals surface area contributed by atoms with Crippen molar-refractivity contribution in [3.63, 3.8) is 0 Å². The van der Waals surface area contributed by atoms with Gasteiger partial charge in [-0.25, -0.2) is 4.79 Å². The third-order valence-electron chi connectivity index (χ3n) is 4.70. The lowest BCUT2D eigenvalue weighted by Crippen LogP contribution is -2.38. The molecule has 2 aromatic rings. The first-order chi connectivity index (χ1) is 11.6. The van der Waals surface area contributed by atoms with Crippen molar-refractivity contribution >= 4 is 11.7 Å². The van der Waals surface area contributed by atoms with Gasteiger partial charge in [-0.05, 0) is 43.9 Å². The quantitative estimate of drug-likeness (QED) is 0.899. The first kappa shape index (κ1) is 16.5. The van der Waals surface area contributed by atoms with Crippen LogP contribution in [0.15, 0.2) is 22.7 Å². The molecule has 1 aliphatic rings. The predicted octanol–water partition coefficient (Wildman–Crippen LogP) is 4.14. The maximum absolute atomic E-state index is 12.9. The molecule has 1 aliphatic heterocycles. The van der Waals surface area contributed by atoms with Gasteiger partial charge in [0.05, 0.1) is 6.04 Å². The van der Waals surface area contributed by atoms with E-state index in [1.165, 1.54) is 0 Å². The van der Waals surface area contributed by atoms with Gasteiger partial charge >= 0.3 is 6.03 Å². The summed E-state index contributed by atoms with van der Waals surface area (Å²) < 4.78 is 5.12. The van der Waals surface area contributed by atoms with Crippen molar-refractivity contribution in [2.45, 2.75) is 52.5 Å². The molecule has 0 bridgehead atoms. The van der Waals surface area contributed by atoms with Gasteiger partial charge in [-0.1, -0.05) is 30.1 Å². The molecule has 128 valence electrons. The van der Waals surface area contributed by atoms with Crippen molar-refractivity contribution in [1.82, 2.24) is 15.0 Å². The molecule has 0 aliphatic carbocycles. The Hall–Kier alpha value is -2.37. The molecule has 0 unspecified atom stereocenters. The van der Waals surface area contributed by atoms with Crippen molar-refractivity contribution in [3.05, 3.63) is 41.0 Å². The highest BCUT2D eigenvalue weighted by atomic mass is 16.5. The van der Waals surface area contributed by atoms with Crippen LogP contribution in [0.2, 0.25) is 0 Å². The van der Waals surface area contributed by atoms with Gasteiger partial charge in [0.1, 0.15) is 0 Å². The molecule has 2 amide bonds. The second kappa shape index (κ2) is 7.03. The highest BCUT2D eigenvalue weighted by Gasteiger charge is 2.30. The molecule has 3 rings (SSSR count). The van der Waals surface area contributed by atoms with Crippen LogP contribution in [-0.4, -0.2) is 27.6 Å². The van der Waals surface area contributed by atoms with E-state index in [4.69, 9.17) is 4.52 Å². The van der Waals surface area contributed by atoms with E-state index in [1.807, 2.05) is 36.9 Å². The Morgan fingerprint density at radius 1 is 1.25 bits per heavy atom. The number of nitrogens with zero attached hydrogens (tertiary/aromatic N) is 3. The molecular weight excluding hydrogens is 304 g/mol. The number of urea groups is 1. The molecule has 1 N–H and O–H groups in total. The Labute approximate surface area is 142 Å². The van der Waals surface area contributed by atoms with Crippen LogP contribution in [0.5, 0.6) is 0 Å². The lowest BCUT2D eigenvalue weighted by Gasteiger charge is -2.28. The number of nitrogens with one attached hydrogen (secondary N) is 1. The summed E-state index contributed by atoms with van der Waals surface area (Å²) in [6.07, 6.45) is 4.03. The largest absolute Gasteiger partial charge is 0.340 e. The Morgan fingerprint density at radius 2 is 2.08 bits per heavy atom. The Balaban J connectivity index is 1.83. The average Bonchev–Trinajstić information content (AvgIpc) is 2.84. The summed E-state index contributed by atoms with van der Waals surface area (Å²) in [5, 5.41) is 7.10. The monoisotopic (exact) mass is 328 g/mol. The van der Waals surface area contributed by atoms with E-state index in [2.05, 4.69) is 15.5 Å². The van der Waals surface area contributed by atoms with E-state index >= 15 is 0 Å². The van der Waals surface area contributed by atoms with E-state index in [1.54, 1.807) is 6.92 Å². The zero-order chi connectivity index (χ0) is 17.1. The number of aromatic nitrogens is 2. The fraction of sp³-hybridized carbons (Fsp3) is 0.500. The SMILES string of the molecule is Cc1nc([C@H]2CCCCCN2C(=O)Nc2cccc(C)c2C)no1. The minimum Gasteiger partial charge on any atom is -0.340 e. The molecule has 0 radical (unpaired) electrons. The van der Waals surface area contributed by atoms with Crippen LogP contribution in [-0.2, 0) is 0 Å². The number of amides is 2. The van der Waals surface area contributed by atoms with Crippen LogP contribution in [0.4, 0.5) is 10.5 Å². The van der Waals surface area contributed by atoms with Crippen molar-refractivity contribution in [2.24, 2.45) is 0 Å². The Morgan fingerprint density at radius 3 is 2.83 bits per heavy atom. The number of rotatable bonds is 2. The first-order valence-corrected chi connectivity index (χ1v) is 8.50. The lowest BCUT2D eigenvalue weighted by molar-refractivity contribution is 0.184. The van der Waals surface area contributed by atoms with E-state index < -0.39 is 0 Å². The standard InChI is InChI=1S/C18H24N4O2/c1-12-8-7-9-15(13(12)2)20-18(23)22-11-6-4-5-10-16(22)17-19-14(3)24-21-17/h7-9,16H,4-6,10-11H2,1-3H3,(H,20,23)/t16-/m1/s1. The van der Waals surface area contributed by atoms with Gasteiger partial charge in [0, 0.05) is 19.2 Å².